The molecule has 0 N–H and O–H groups in total. The summed E-state index contributed by atoms with van der Waals surface area (Å²) in [6.45, 7) is 14.2. The topological polar surface area (TPSA) is 63.0 Å². The molecule has 3 aromatic rings. The van der Waals surface area contributed by atoms with Crippen molar-refractivity contribution >= 4 is 22.9 Å². The minimum absolute atomic E-state index is 0.0626. The van der Waals surface area contributed by atoms with E-state index in [9.17, 15) is 4.79 Å². The zero-order chi connectivity index (χ0) is 26.9. The summed E-state index contributed by atoms with van der Waals surface area (Å²) >= 11 is 0. The van der Waals surface area contributed by atoms with Crippen LogP contribution in [0.1, 0.15) is 57.9 Å². The zero-order valence-electron chi connectivity index (χ0n) is 23.2. The quantitative estimate of drug-likeness (QED) is 0.329. The van der Waals surface area contributed by atoms with E-state index in [1.54, 1.807) is 6.92 Å². The van der Waals surface area contributed by atoms with Crippen LogP contribution in [0.4, 0.5) is 11.5 Å². The fourth-order valence-electron chi connectivity index (χ4n) is 4.85. The lowest BCUT2D eigenvalue weighted by Crippen LogP contribution is -2.29. The van der Waals surface area contributed by atoms with Crippen LogP contribution in [0, 0.1) is 12.8 Å². The molecule has 3 heterocycles. The average molecular weight is 502 g/mol. The van der Waals surface area contributed by atoms with Gasteiger partial charge in [-0.3, -0.25) is 4.79 Å². The fraction of sp³-hybridized carbons (Fsp3) is 0.433. The Labute approximate surface area is 220 Å². The highest BCUT2D eigenvalue weighted by atomic mass is 16.5. The third-order valence-corrected chi connectivity index (χ3v) is 6.52. The molecule has 0 saturated carbocycles. The van der Waals surface area contributed by atoms with Crippen LogP contribution in [-0.4, -0.2) is 46.6 Å². The molecule has 196 valence electrons. The van der Waals surface area contributed by atoms with Crippen LogP contribution >= 0.6 is 0 Å². The lowest BCUT2D eigenvalue weighted by Gasteiger charge is -2.30. The van der Waals surface area contributed by atoms with E-state index < -0.39 is 11.7 Å². The Morgan fingerprint density at radius 2 is 2.05 bits per heavy atom. The van der Waals surface area contributed by atoms with Crippen molar-refractivity contribution in [2.75, 3.05) is 30.4 Å². The molecule has 0 saturated heterocycles. The second-order valence-corrected chi connectivity index (χ2v) is 11.0. The van der Waals surface area contributed by atoms with Gasteiger partial charge in [0.2, 0.25) is 0 Å². The van der Waals surface area contributed by atoms with Crippen LogP contribution in [0.15, 0.2) is 55.3 Å². The number of benzene rings is 1. The van der Waals surface area contributed by atoms with Gasteiger partial charge in [-0.1, -0.05) is 24.3 Å². The molecule has 37 heavy (non-hydrogen) atoms. The van der Waals surface area contributed by atoms with E-state index in [4.69, 9.17) is 14.8 Å². The monoisotopic (exact) mass is 501 g/mol. The summed E-state index contributed by atoms with van der Waals surface area (Å²) in [4.78, 5) is 21.9. The van der Waals surface area contributed by atoms with E-state index in [-0.39, 0.29) is 5.78 Å². The van der Waals surface area contributed by atoms with E-state index in [0.29, 0.717) is 5.92 Å². The van der Waals surface area contributed by atoms with Crippen LogP contribution in [0.25, 0.3) is 16.9 Å². The van der Waals surface area contributed by atoms with Gasteiger partial charge < -0.3 is 14.5 Å². The van der Waals surface area contributed by atoms with Crippen molar-refractivity contribution in [3.8, 4) is 11.3 Å². The van der Waals surface area contributed by atoms with Crippen molar-refractivity contribution in [2.45, 2.75) is 59.2 Å². The average Bonchev–Trinajstić information content (AvgIpc) is 3.47. The molecule has 0 fully saturated rings. The number of rotatable bonds is 9. The molecule has 0 bridgehead atoms. The van der Waals surface area contributed by atoms with Crippen molar-refractivity contribution in [1.82, 2.24) is 14.6 Å². The number of carbonyl (C=O) groups is 1. The van der Waals surface area contributed by atoms with E-state index in [1.165, 1.54) is 0 Å². The zero-order valence-corrected chi connectivity index (χ0v) is 23.2. The van der Waals surface area contributed by atoms with Crippen molar-refractivity contribution in [3.05, 3.63) is 66.5 Å². The minimum atomic E-state index is -0.735. The molecule has 0 radical (unpaired) electrons. The number of nitrogens with zero attached hydrogens (tertiary/aromatic N) is 5. The standard InChI is InChI=1S/C30H39N5O2/c1-9-10-12-22-15-16-34(19-22)24-14-11-13-23(17-24)25-18-26-31-20(2)27(29(33(7)8)35(26)32-25)28(21(3)36)37-30(4,5)6/h9,11,13-18,22,28H,1,10,12,19H2,2-8H3/t22?,28-/m1/s1. The van der Waals surface area contributed by atoms with Gasteiger partial charge in [0.25, 0.3) is 0 Å². The molecule has 1 aromatic carbocycles. The number of Topliss-reactive ketones (excluding diaryl/α,β-unsaturated/α-hetero) is 1. The predicted octanol–water partition coefficient (Wildman–Crippen LogP) is 6.13. The molecule has 1 unspecified atom stereocenters. The maximum atomic E-state index is 12.7. The van der Waals surface area contributed by atoms with Crippen molar-refractivity contribution in [1.29, 1.82) is 0 Å². The van der Waals surface area contributed by atoms with E-state index in [0.717, 1.165) is 59.1 Å². The maximum Gasteiger partial charge on any atom is 0.163 e. The third-order valence-electron chi connectivity index (χ3n) is 6.52. The van der Waals surface area contributed by atoms with Gasteiger partial charge in [-0.25, -0.2) is 4.98 Å². The number of hydrogen-bond donors (Lipinski definition) is 0. The van der Waals surface area contributed by atoms with Crippen molar-refractivity contribution < 1.29 is 9.53 Å². The Morgan fingerprint density at radius 1 is 1.30 bits per heavy atom. The highest BCUT2D eigenvalue weighted by Crippen LogP contribution is 2.35. The first-order valence-corrected chi connectivity index (χ1v) is 12.9. The molecule has 2 atom stereocenters. The van der Waals surface area contributed by atoms with Gasteiger partial charge in [0.15, 0.2) is 11.4 Å². The first-order chi connectivity index (χ1) is 17.5. The number of carbonyl (C=O) groups excluding carboxylic acids is 1. The highest BCUT2D eigenvalue weighted by Gasteiger charge is 2.31. The highest BCUT2D eigenvalue weighted by molar-refractivity contribution is 5.84. The second-order valence-electron chi connectivity index (χ2n) is 11.0. The lowest BCUT2D eigenvalue weighted by atomic mass is 10.0. The number of aromatic nitrogens is 3. The van der Waals surface area contributed by atoms with Crippen molar-refractivity contribution in [3.63, 3.8) is 0 Å². The Hall–Kier alpha value is -3.45. The lowest BCUT2D eigenvalue weighted by molar-refractivity contribution is -0.138. The van der Waals surface area contributed by atoms with Crippen molar-refractivity contribution in [2.24, 2.45) is 5.92 Å². The summed E-state index contributed by atoms with van der Waals surface area (Å²) in [6, 6.07) is 10.5. The van der Waals surface area contributed by atoms with Gasteiger partial charge in [0.1, 0.15) is 11.9 Å². The largest absolute Gasteiger partial charge is 0.362 e. The Kier molecular flexibility index (Phi) is 7.55. The number of hydrogen-bond acceptors (Lipinski definition) is 6. The van der Waals surface area contributed by atoms with Gasteiger partial charge in [0, 0.05) is 49.9 Å². The van der Waals surface area contributed by atoms with E-state index >= 15 is 0 Å². The Morgan fingerprint density at radius 3 is 2.70 bits per heavy atom. The fourth-order valence-corrected chi connectivity index (χ4v) is 4.85. The van der Waals surface area contributed by atoms with Crippen LogP contribution in [0.5, 0.6) is 0 Å². The molecule has 0 spiro atoms. The van der Waals surface area contributed by atoms with Gasteiger partial charge in [-0.2, -0.15) is 9.61 Å². The molecular weight excluding hydrogens is 462 g/mol. The van der Waals surface area contributed by atoms with Gasteiger partial charge in [-0.15, -0.1) is 6.58 Å². The second kappa shape index (κ2) is 10.5. The SMILES string of the molecule is C=CCCC1C=CN(c2cccc(-c3cc4nc(C)c([C@H](OC(C)(C)C)C(C)=O)c(N(C)C)n4n3)c2)C1. The number of anilines is 2. The number of aryl methyl sites for hydroxylation is 1. The first kappa shape index (κ1) is 26.6. The van der Waals surface area contributed by atoms with Crippen LogP contribution < -0.4 is 9.80 Å². The van der Waals surface area contributed by atoms with Crippen LogP contribution in [0.3, 0.4) is 0 Å². The van der Waals surface area contributed by atoms with Gasteiger partial charge >= 0.3 is 0 Å². The number of ketones is 1. The summed E-state index contributed by atoms with van der Waals surface area (Å²) in [7, 11) is 3.91. The smallest absolute Gasteiger partial charge is 0.163 e. The number of allylic oxidation sites excluding steroid dienone is 1. The van der Waals surface area contributed by atoms with E-state index in [1.807, 2.05) is 63.3 Å². The molecule has 2 aromatic heterocycles. The van der Waals surface area contributed by atoms with Gasteiger partial charge in [0.05, 0.1) is 16.9 Å². The molecule has 4 rings (SSSR count). The molecule has 7 heteroatoms. The molecular formula is C30H39N5O2. The normalized spacial score (nSPS) is 16.4. The summed E-state index contributed by atoms with van der Waals surface area (Å²) in [5.74, 6) is 1.27. The third kappa shape index (κ3) is 5.77. The first-order valence-electron chi connectivity index (χ1n) is 12.9. The van der Waals surface area contributed by atoms with Gasteiger partial charge in [-0.05, 0) is 65.5 Å². The van der Waals surface area contributed by atoms with Crippen LogP contribution in [0.2, 0.25) is 0 Å². The Bertz CT molecular complexity index is 1330. The molecule has 0 amide bonds. The summed E-state index contributed by atoms with van der Waals surface area (Å²) in [5.41, 5.74) is 4.73. The number of ether oxygens (including phenoxy) is 1. The predicted molar refractivity (Wildman–Crippen MR) is 151 cm³/mol. The Balaban J connectivity index is 1.75. The summed E-state index contributed by atoms with van der Waals surface area (Å²) < 4.78 is 8.06. The maximum absolute atomic E-state index is 12.7. The molecule has 1 aliphatic heterocycles. The minimum Gasteiger partial charge on any atom is -0.362 e. The molecule has 7 nitrogen and oxygen atoms in total. The van der Waals surface area contributed by atoms with E-state index in [2.05, 4.69) is 48.0 Å². The molecule has 0 aliphatic carbocycles. The number of fused-ring (bicyclic) bond motifs is 1. The molecule has 1 aliphatic rings. The summed E-state index contributed by atoms with van der Waals surface area (Å²) in [6.07, 6.45) is 7.85. The summed E-state index contributed by atoms with van der Waals surface area (Å²) in [5, 5.41) is 4.97. The van der Waals surface area contributed by atoms with Crippen LogP contribution in [-0.2, 0) is 9.53 Å².